The Bertz CT molecular complexity index is 670. The van der Waals surface area contributed by atoms with Crippen LogP contribution in [-0.2, 0) is 0 Å². The van der Waals surface area contributed by atoms with Crippen LogP contribution < -0.4 is 4.74 Å². The van der Waals surface area contributed by atoms with E-state index in [0.29, 0.717) is 12.2 Å². The van der Waals surface area contributed by atoms with E-state index in [9.17, 15) is 0 Å². The number of pyridine rings is 1. The molecule has 0 amide bonds. The Morgan fingerprint density at radius 1 is 1.09 bits per heavy atom. The van der Waals surface area contributed by atoms with Crippen molar-refractivity contribution in [1.82, 2.24) is 9.88 Å². The summed E-state index contributed by atoms with van der Waals surface area (Å²) in [5, 5.41) is 9.15. The van der Waals surface area contributed by atoms with E-state index in [0.717, 1.165) is 23.6 Å². The molecule has 3 rings (SSSR count). The number of nitrogens with zero attached hydrogens (tertiary/aromatic N) is 3. The molecule has 2 heterocycles. The number of benzene rings is 1. The van der Waals surface area contributed by atoms with Crippen molar-refractivity contribution < 1.29 is 4.74 Å². The standard InChI is InChI=1S/C19H21N3O/c20-15-17-5-4-10-21-19(17)16-6-8-18(9-7-16)23-14-13-22-11-2-1-3-12-22/h4-10H,1-3,11-14H2. The quantitative estimate of drug-likeness (QED) is 0.848. The zero-order valence-electron chi connectivity index (χ0n) is 13.2. The van der Waals surface area contributed by atoms with Crippen molar-refractivity contribution in [3.8, 4) is 23.1 Å². The van der Waals surface area contributed by atoms with Crippen LogP contribution in [0.3, 0.4) is 0 Å². The lowest BCUT2D eigenvalue weighted by Gasteiger charge is -2.26. The van der Waals surface area contributed by atoms with Crippen LogP contribution in [-0.4, -0.2) is 36.1 Å². The number of nitriles is 1. The lowest BCUT2D eigenvalue weighted by Crippen LogP contribution is -2.33. The molecule has 0 saturated carbocycles. The van der Waals surface area contributed by atoms with Crippen LogP contribution in [0, 0.1) is 11.3 Å². The third-order valence-corrected chi connectivity index (χ3v) is 4.18. The topological polar surface area (TPSA) is 49.1 Å². The fraction of sp³-hybridized carbons (Fsp3) is 0.368. The van der Waals surface area contributed by atoms with Gasteiger partial charge < -0.3 is 4.74 Å². The summed E-state index contributed by atoms with van der Waals surface area (Å²) in [4.78, 5) is 6.77. The van der Waals surface area contributed by atoms with Crippen LogP contribution in [0.2, 0.25) is 0 Å². The molecule has 1 saturated heterocycles. The molecule has 4 nitrogen and oxygen atoms in total. The third kappa shape index (κ3) is 4.08. The Balaban J connectivity index is 1.58. The van der Waals surface area contributed by atoms with Crippen molar-refractivity contribution in [1.29, 1.82) is 5.26 Å². The fourth-order valence-corrected chi connectivity index (χ4v) is 2.91. The first-order chi connectivity index (χ1) is 11.4. The number of piperidine rings is 1. The van der Waals surface area contributed by atoms with Gasteiger partial charge in [0.25, 0.3) is 0 Å². The summed E-state index contributed by atoms with van der Waals surface area (Å²) in [6.45, 7) is 4.09. The minimum Gasteiger partial charge on any atom is -0.492 e. The van der Waals surface area contributed by atoms with Crippen molar-refractivity contribution in [3.05, 3.63) is 48.2 Å². The van der Waals surface area contributed by atoms with E-state index in [1.807, 2.05) is 24.3 Å². The van der Waals surface area contributed by atoms with Crippen LogP contribution in [0.15, 0.2) is 42.6 Å². The molecule has 1 aliphatic heterocycles. The summed E-state index contributed by atoms with van der Waals surface area (Å²) in [5.41, 5.74) is 2.24. The Kier molecular flexibility index (Phi) is 5.23. The first kappa shape index (κ1) is 15.5. The van der Waals surface area contributed by atoms with E-state index < -0.39 is 0 Å². The zero-order valence-corrected chi connectivity index (χ0v) is 13.2. The molecule has 1 aromatic carbocycles. The zero-order chi connectivity index (χ0) is 15.9. The summed E-state index contributed by atoms with van der Waals surface area (Å²) in [6, 6.07) is 13.5. The van der Waals surface area contributed by atoms with E-state index in [1.165, 1.54) is 32.4 Å². The van der Waals surface area contributed by atoms with Gasteiger partial charge in [0.2, 0.25) is 0 Å². The van der Waals surface area contributed by atoms with Gasteiger partial charge in [-0.25, -0.2) is 0 Å². The molecule has 4 heteroatoms. The minimum atomic E-state index is 0.589. The first-order valence-electron chi connectivity index (χ1n) is 8.17. The SMILES string of the molecule is N#Cc1cccnc1-c1ccc(OCCN2CCCCC2)cc1. The molecule has 0 spiro atoms. The van der Waals surface area contributed by atoms with Crippen molar-refractivity contribution in [2.75, 3.05) is 26.2 Å². The molecular formula is C19H21N3O. The van der Waals surface area contributed by atoms with Gasteiger partial charge in [-0.15, -0.1) is 0 Å². The van der Waals surface area contributed by atoms with Gasteiger partial charge >= 0.3 is 0 Å². The molecule has 118 valence electrons. The summed E-state index contributed by atoms with van der Waals surface area (Å²) in [6.07, 6.45) is 5.68. The molecule has 0 bridgehead atoms. The van der Waals surface area contributed by atoms with Crippen molar-refractivity contribution in [2.45, 2.75) is 19.3 Å². The van der Waals surface area contributed by atoms with E-state index in [1.54, 1.807) is 18.3 Å². The van der Waals surface area contributed by atoms with E-state index >= 15 is 0 Å². The maximum atomic E-state index is 9.15. The van der Waals surface area contributed by atoms with Gasteiger partial charge in [-0.1, -0.05) is 6.42 Å². The maximum Gasteiger partial charge on any atom is 0.119 e. The third-order valence-electron chi connectivity index (χ3n) is 4.18. The largest absolute Gasteiger partial charge is 0.492 e. The summed E-state index contributed by atoms with van der Waals surface area (Å²) in [5.74, 6) is 0.861. The van der Waals surface area contributed by atoms with Crippen LogP contribution in [0.1, 0.15) is 24.8 Å². The highest BCUT2D eigenvalue weighted by Gasteiger charge is 2.10. The molecular weight excluding hydrogens is 286 g/mol. The van der Waals surface area contributed by atoms with Crippen molar-refractivity contribution in [3.63, 3.8) is 0 Å². The van der Waals surface area contributed by atoms with Gasteiger partial charge in [-0.2, -0.15) is 5.26 Å². The second kappa shape index (κ2) is 7.75. The first-order valence-corrected chi connectivity index (χ1v) is 8.17. The van der Waals surface area contributed by atoms with Gasteiger partial charge in [0.15, 0.2) is 0 Å². The average Bonchev–Trinajstić information content (AvgIpc) is 2.63. The smallest absolute Gasteiger partial charge is 0.119 e. The number of ether oxygens (including phenoxy) is 1. The molecule has 23 heavy (non-hydrogen) atoms. The Morgan fingerprint density at radius 2 is 1.87 bits per heavy atom. The monoisotopic (exact) mass is 307 g/mol. The van der Waals surface area contributed by atoms with Gasteiger partial charge in [0, 0.05) is 18.3 Å². The number of likely N-dealkylation sites (tertiary alicyclic amines) is 1. The normalized spacial score (nSPS) is 15.1. The van der Waals surface area contributed by atoms with Crippen LogP contribution in [0.5, 0.6) is 5.75 Å². The predicted octanol–water partition coefficient (Wildman–Crippen LogP) is 3.48. The van der Waals surface area contributed by atoms with E-state index in [-0.39, 0.29) is 0 Å². The molecule has 0 N–H and O–H groups in total. The van der Waals surface area contributed by atoms with Crippen molar-refractivity contribution >= 4 is 0 Å². The molecule has 2 aromatic rings. The average molecular weight is 307 g/mol. The number of hydrogen-bond acceptors (Lipinski definition) is 4. The predicted molar refractivity (Wildman–Crippen MR) is 90.2 cm³/mol. The van der Waals surface area contributed by atoms with Crippen LogP contribution in [0.4, 0.5) is 0 Å². The lowest BCUT2D eigenvalue weighted by molar-refractivity contribution is 0.183. The molecule has 1 fully saturated rings. The molecule has 0 radical (unpaired) electrons. The molecule has 0 unspecified atom stereocenters. The highest BCUT2D eigenvalue weighted by atomic mass is 16.5. The summed E-state index contributed by atoms with van der Waals surface area (Å²) in [7, 11) is 0. The van der Waals surface area contributed by atoms with E-state index in [2.05, 4.69) is 16.0 Å². The van der Waals surface area contributed by atoms with Gasteiger partial charge in [-0.3, -0.25) is 9.88 Å². The number of hydrogen-bond donors (Lipinski definition) is 0. The maximum absolute atomic E-state index is 9.15. The van der Waals surface area contributed by atoms with Gasteiger partial charge in [-0.05, 0) is 62.3 Å². The highest BCUT2D eigenvalue weighted by Crippen LogP contribution is 2.23. The molecule has 1 aliphatic rings. The summed E-state index contributed by atoms with van der Waals surface area (Å²) >= 11 is 0. The van der Waals surface area contributed by atoms with Crippen LogP contribution >= 0.6 is 0 Å². The minimum absolute atomic E-state index is 0.589. The molecule has 0 atom stereocenters. The van der Waals surface area contributed by atoms with Crippen LogP contribution in [0.25, 0.3) is 11.3 Å². The lowest BCUT2D eigenvalue weighted by atomic mass is 10.1. The van der Waals surface area contributed by atoms with Gasteiger partial charge in [0.1, 0.15) is 18.4 Å². The molecule has 1 aromatic heterocycles. The Labute approximate surface area is 137 Å². The van der Waals surface area contributed by atoms with Crippen molar-refractivity contribution in [2.24, 2.45) is 0 Å². The summed E-state index contributed by atoms with van der Waals surface area (Å²) < 4.78 is 5.83. The Morgan fingerprint density at radius 3 is 2.61 bits per heavy atom. The second-order valence-corrected chi connectivity index (χ2v) is 5.79. The molecule has 0 aliphatic carbocycles. The van der Waals surface area contributed by atoms with E-state index in [4.69, 9.17) is 10.00 Å². The highest BCUT2D eigenvalue weighted by molar-refractivity contribution is 5.66. The number of rotatable bonds is 5. The van der Waals surface area contributed by atoms with Gasteiger partial charge in [0.05, 0.1) is 11.3 Å². The number of aromatic nitrogens is 1. The fourth-order valence-electron chi connectivity index (χ4n) is 2.91. The second-order valence-electron chi connectivity index (χ2n) is 5.79. The Hall–Kier alpha value is -2.38.